The van der Waals surface area contributed by atoms with Gasteiger partial charge in [-0.25, -0.2) is 0 Å². The van der Waals surface area contributed by atoms with Gasteiger partial charge in [-0.2, -0.15) is 0 Å². The number of carbonyl (C=O) groups is 3. The van der Waals surface area contributed by atoms with Crippen molar-refractivity contribution < 1.29 is 28.6 Å². The average Bonchev–Trinajstić information content (AvgIpc) is 3.21. The molecule has 0 aromatic heterocycles. The Bertz CT molecular complexity index is 1010. The van der Waals surface area contributed by atoms with E-state index < -0.39 is 6.10 Å². The van der Waals surface area contributed by atoms with Gasteiger partial charge in [-0.05, 0) is 57.8 Å². The summed E-state index contributed by atoms with van der Waals surface area (Å²) in [5.74, 6) is -0.913. The SMILES string of the molecule is CC/C=C\C/C=C\C/C=C\C/C=C\CCCCCCC(=O)OCC(COC(=O)CCCCCCC)OC(=O)CCCCCCCCCCCCCCCCCCC. The molecule has 0 amide bonds. The predicted molar refractivity (Wildman–Crippen MR) is 242 cm³/mol. The normalized spacial score (nSPS) is 12.4. The lowest BCUT2D eigenvalue weighted by molar-refractivity contribution is -0.167. The van der Waals surface area contributed by atoms with E-state index in [4.69, 9.17) is 14.2 Å². The Labute approximate surface area is 352 Å². The molecule has 0 fully saturated rings. The van der Waals surface area contributed by atoms with E-state index in [0.29, 0.717) is 19.3 Å². The van der Waals surface area contributed by atoms with Crippen molar-refractivity contribution in [3.8, 4) is 0 Å². The Hall–Kier alpha value is -2.63. The molecule has 0 aliphatic rings. The third-order valence-corrected chi connectivity index (χ3v) is 10.3. The van der Waals surface area contributed by atoms with Gasteiger partial charge in [0, 0.05) is 19.3 Å². The van der Waals surface area contributed by atoms with Crippen LogP contribution in [0.5, 0.6) is 0 Å². The van der Waals surface area contributed by atoms with Crippen molar-refractivity contribution in [1.82, 2.24) is 0 Å². The monoisotopic (exact) mass is 799 g/mol. The van der Waals surface area contributed by atoms with Gasteiger partial charge in [-0.3, -0.25) is 14.4 Å². The standard InChI is InChI=1S/C51H90O6/c1-4-7-10-13-15-17-19-21-23-25-27-29-31-33-35-38-41-44-50(53)56-47-48(46-55-49(52)43-40-37-12-9-6-3)57-51(54)45-42-39-36-34-32-30-28-26-24-22-20-18-16-14-11-8-5-2/h7,10,15,17,21,23,27,29,48H,4-6,8-9,11-14,16,18-20,22,24-26,28,30-47H2,1-3H3/b10-7-,17-15-,23-21-,29-27-. The molecule has 0 saturated heterocycles. The molecule has 6 heteroatoms. The lowest BCUT2D eigenvalue weighted by Gasteiger charge is -2.18. The molecule has 0 aliphatic carbocycles. The maximum absolute atomic E-state index is 12.7. The molecule has 0 heterocycles. The molecule has 6 nitrogen and oxygen atoms in total. The van der Waals surface area contributed by atoms with Crippen LogP contribution in [0, 0.1) is 0 Å². The van der Waals surface area contributed by atoms with E-state index in [1.54, 1.807) is 0 Å². The van der Waals surface area contributed by atoms with Crippen molar-refractivity contribution in [2.75, 3.05) is 13.2 Å². The first kappa shape index (κ1) is 54.4. The summed E-state index contributed by atoms with van der Waals surface area (Å²) in [6, 6.07) is 0. The summed E-state index contributed by atoms with van der Waals surface area (Å²) >= 11 is 0. The third-order valence-electron chi connectivity index (χ3n) is 10.3. The maximum atomic E-state index is 12.7. The van der Waals surface area contributed by atoms with Gasteiger partial charge in [0.05, 0.1) is 0 Å². The van der Waals surface area contributed by atoms with Crippen LogP contribution in [-0.2, 0) is 28.6 Å². The molecule has 0 radical (unpaired) electrons. The number of unbranched alkanes of at least 4 members (excludes halogenated alkanes) is 24. The van der Waals surface area contributed by atoms with Gasteiger partial charge in [-0.1, -0.05) is 211 Å². The van der Waals surface area contributed by atoms with Crippen LogP contribution in [-0.4, -0.2) is 37.2 Å². The zero-order chi connectivity index (χ0) is 41.5. The molecular weight excluding hydrogens is 709 g/mol. The Morgan fingerprint density at radius 3 is 1.07 bits per heavy atom. The third kappa shape index (κ3) is 44.3. The van der Waals surface area contributed by atoms with Gasteiger partial charge in [0.1, 0.15) is 13.2 Å². The van der Waals surface area contributed by atoms with Crippen molar-refractivity contribution >= 4 is 17.9 Å². The molecular formula is C51H90O6. The van der Waals surface area contributed by atoms with E-state index in [0.717, 1.165) is 103 Å². The quantitative estimate of drug-likeness (QED) is 0.0265. The van der Waals surface area contributed by atoms with Crippen molar-refractivity contribution in [3.05, 3.63) is 48.6 Å². The Balaban J connectivity index is 4.22. The summed E-state index contributed by atoms with van der Waals surface area (Å²) in [5, 5.41) is 0. The minimum atomic E-state index is -0.776. The summed E-state index contributed by atoms with van der Waals surface area (Å²) in [6.07, 6.45) is 54.1. The smallest absolute Gasteiger partial charge is 0.306 e. The maximum Gasteiger partial charge on any atom is 0.306 e. The lowest BCUT2D eigenvalue weighted by atomic mass is 10.0. The van der Waals surface area contributed by atoms with Crippen molar-refractivity contribution in [2.45, 2.75) is 245 Å². The topological polar surface area (TPSA) is 78.9 Å². The van der Waals surface area contributed by atoms with Crippen LogP contribution in [0.2, 0.25) is 0 Å². The molecule has 0 spiro atoms. The van der Waals surface area contributed by atoms with Crippen molar-refractivity contribution in [3.63, 3.8) is 0 Å². The van der Waals surface area contributed by atoms with E-state index in [2.05, 4.69) is 69.4 Å². The summed E-state index contributed by atoms with van der Waals surface area (Å²) < 4.78 is 16.6. The molecule has 0 saturated carbocycles. The molecule has 330 valence electrons. The number of hydrogen-bond acceptors (Lipinski definition) is 6. The number of esters is 3. The van der Waals surface area contributed by atoms with Crippen LogP contribution in [0.25, 0.3) is 0 Å². The van der Waals surface area contributed by atoms with E-state index in [1.807, 2.05) is 0 Å². The number of rotatable bonds is 43. The number of allylic oxidation sites excluding steroid dienone is 8. The molecule has 0 bridgehead atoms. The first-order valence-electron chi connectivity index (χ1n) is 24.1. The number of carbonyl (C=O) groups excluding carboxylic acids is 3. The molecule has 0 aliphatic heterocycles. The minimum absolute atomic E-state index is 0.0802. The van der Waals surface area contributed by atoms with E-state index in [-0.39, 0.29) is 31.1 Å². The van der Waals surface area contributed by atoms with E-state index in [9.17, 15) is 14.4 Å². The molecule has 0 rings (SSSR count). The van der Waals surface area contributed by atoms with Gasteiger partial charge in [0.2, 0.25) is 0 Å². The fourth-order valence-corrected chi connectivity index (χ4v) is 6.73. The number of hydrogen-bond donors (Lipinski definition) is 0. The highest BCUT2D eigenvalue weighted by Crippen LogP contribution is 2.15. The zero-order valence-corrected chi connectivity index (χ0v) is 37.6. The fraction of sp³-hybridized carbons (Fsp3) is 0.784. The fourth-order valence-electron chi connectivity index (χ4n) is 6.73. The molecule has 1 atom stereocenters. The summed E-state index contributed by atoms with van der Waals surface area (Å²) in [5.41, 5.74) is 0. The second kappa shape index (κ2) is 46.1. The molecule has 0 aromatic rings. The van der Waals surface area contributed by atoms with Crippen molar-refractivity contribution in [1.29, 1.82) is 0 Å². The van der Waals surface area contributed by atoms with Crippen LogP contribution >= 0.6 is 0 Å². The largest absolute Gasteiger partial charge is 0.462 e. The van der Waals surface area contributed by atoms with Crippen LogP contribution in [0.1, 0.15) is 239 Å². The van der Waals surface area contributed by atoms with E-state index >= 15 is 0 Å². The van der Waals surface area contributed by atoms with Crippen LogP contribution < -0.4 is 0 Å². The summed E-state index contributed by atoms with van der Waals surface area (Å²) in [7, 11) is 0. The summed E-state index contributed by atoms with van der Waals surface area (Å²) in [6.45, 7) is 6.43. The minimum Gasteiger partial charge on any atom is -0.462 e. The average molecular weight is 799 g/mol. The molecule has 57 heavy (non-hydrogen) atoms. The van der Waals surface area contributed by atoms with Gasteiger partial charge in [-0.15, -0.1) is 0 Å². The number of ether oxygens (including phenoxy) is 3. The Morgan fingerprint density at radius 2 is 0.684 bits per heavy atom. The molecule has 1 unspecified atom stereocenters. The molecule has 0 aromatic carbocycles. The second-order valence-electron chi connectivity index (χ2n) is 16.0. The first-order chi connectivity index (χ1) is 28.0. The molecule has 0 N–H and O–H groups in total. The highest BCUT2D eigenvalue weighted by Gasteiger charge is 2.19. The van der Waals surface area contributed by atoms with E-state index in [1.165, 1.54) is 96.3 Å². The van der Waals surface area contributed by atoms with Gasteiger partial charge >= 0.3 is 17.9 Å². The van der Waals surface area contributed by atoms with Gasteiger partial charge in [0.25, 0.3) is 0 Å². The predicted octanol–water partition coefficient (Wildman–Crippen LogP) is 15.5. The van der Waals surface area contributed by atoms with Crippen molar-refractivity contribution in [2.24, 2.45) is 0 Å². The zero-order valence-electron chi connectivity index (χ0n) is 37.6. The highest BCUT2D eigenvalue weighted by molar-refractivity contribution is 5.71. The Morgan fingerprint density at radius 1 is 0.368 bits per heavy atom. The van der Waals surface area contributed by atoms with Crippen LogP contribution in [0.4, 0.5) is 0 Å². The van der Waals surface area contributed by atoms with Crippen LogP contribution in [0.15, 0.2) is 48.6 Å². The van der Waals surface area contributed by atoms with Gasteiger partial charge < -0.3 is 14.2 Å². The van der Waals surface area contributed by atoms with Crippen LogP contribution in [0.3, 0.4) is 0 Å². The Kier molecular flexibility index (Phi) is 43.9. The lowest BCUT2D eigenvalue weighted by Crippen LogP contribution is -2.30. The highest BCUT2D eigenvalue weighted by atomic mass is 16.6. The second-order valence-corrected chi connectivity index (χ2v) is 16.0. The summed E-state index contributed by atoms with van der Waals surface area (Å²) in [4.78, 5) is 37.6. The van der Waals surface area contributed by atoms with Gasteiger partial charge in [0.15, 0.2) is 6.10 Å². The first-order valence-corrected chi connectivity index (χ1v) is 24.1.